The molecule has 4 rings (SSSR count). The molecule has 150 valence electrons. The van der Waals surface area contributed by atoms with Crippen molar-refractivity contribution in [1.29, 1.82) is 0 Å². The molecule has 1 amide bonds. The quantitative estimate of drug-likeness (QED) is 0.697. The zero-order valence-corrected chi connectivity index (χ0v) is 16.8. The molecular weight excluding hydrogens is 362 g/mol. The normalized spacial score (nSPS) is 16.9. The summed E-state index contributed by atoms with van der Waals surface area (Å²) in [5.41, 5.74) is 10.4. The number of hydrogen-bond donors (Lipinski definition) is 1. The molecule has 2 heterocycles. The third-order valence-electron chi connectivity index (χ3n) is 5.77. The molecule has 0 unspecified atom stereocenters. The monoisotopic (exact) mass is 389 g/mol. The first kappa shape index (κ1) is 19.4. The number of para-hydroxylation sites is 1. The van der Waals surface area contributed by atoms with E-state index in [0.717, 1.165) is 47.8 Å². The minimum absolute atomic E-state index is 0.0976. The fourth-order valence-corrected chi connectivity index (χ4v) is 4.24. The van der Waals surface area contributed by atoms with Gasteiger partial charge in [-0.1, -0.05) is 30.3 Å². The summed E-state index contributed by atoms with van der Waals surface area (Å²) >= 11 is 0. The first-order chi connectivity index (χ1) is 14.2. The van der Waals surface area contributed by atoms with Crippen molar-refractivity contribution >= 4 is 22.5 Å². The van der Waals surface area contributed by atoms with Crippen molar-refractivity contribution in [2.24, 2.45) is 0 Å². The number of nitrogens with two attached hydrogens (primary N) is 1. The Bertz CT molecular complexity index is 1020. The van der Waals surface area contributed by atoms with Crippen molar-refractivity contribution in [1.82, 2.24) is 9.88 Å². The van der Waals surface area contributed by atoms with Gasteiger partial charge in [-0.05, 0) is 49.4 Å². The number of nitrogens with zero attached hydrogens (tertiary/aromatic N) is 2. The van der Waals surface area contributed by atoms with Crippen LogP contribution in [-0.2, 0) is 4.74 Å². The van der Waals surface area contributed by atoms with Gasteiger partial charge in [0.05, 0.1) is 5.52 Å². The number of rotatable bonds is 5. The van der Waals surface area contributed by atoms with Crippen molar-refractivity contribution in [3.05, 3.63) is 60.3 Å². The number of amides is 1. The first-order valence-corrected chi connectivity index (χ1v) is 10.2. The Morgan fingerprint density at radius 2 is 2.07 bits per heavy atom. The summed E-state index contributed by atoms with van der Waals surface area (Å²) < 4.78 is 5.25. The van der Waals surface area contributed by atoms with Gasteiger partial charge in [-0.3, -0.25) is 9.78 Å². The van der Waals surface area contributed by atoms with Gasteiger partial charge in [-0.2, -0.15) is 0 Å². The second-order valence-electron chi connectivity index (χ2n) is 7.61. The van der Waals surface area contributed by atoms with Crippen LogP contribution in [0.1, 0.15) is 36.0 Å². The maximum Gasteiger partial charge on any atom is 0.254 e. The Balaban J connectivity index is 1.67. The molecule has 1 aliphatic heterocycles. The highest BCUT2D eigenvalue weighted by atomic mass is 16.5. The van der Waals surface area contributed by atoms with Gasteiger partial charge in [-0.25, -0.2) is 0 Å². The van der Waals surface area contributed by atoms with E-state index in [1.54, 1.807) is 13.3 Å². The van der Waals surface area contributed by atoms with E-state index in [0.29, 0.717) is 17.9 Å². The second kappa shape index (κ2) is 8.62. The Labute approximate surface area is 171 Å². The number of likely N-dealkylation sites (tertiary alicyclic amines) is 1. The Morgan fingerprint density at radius 1 is 1.21 bits per heavy atom. The molecule has 5 heteroatoms. The number of piperidine rings is 1. The summed E-state index contributed by atoms with van der Waals surface area (Å²) in [7, 11) is 1.71. The molecule has 1 saturated heterocycles. The van der Waals surface area contributed by atoms with Gasteiger partial charge in [-0.15, -0.1) is 0 Å². The highest BCUT2D eigenvalue weighted by Crippen LogP contribution is 2.31. The molecule has 1 atom stereocenters. The van der Waals surface area contributed by atoms with Gasteiger partial charge < -0.3 is 15.4 Å². The summed E-state index contributed by atoms with van der Waals surface area (Å²) in [5.74, 6) is 0.0976. The number of aromatic nitrogens is 1. The van der Waals surface area contributed by atoms with E-state index in [2.05, 4.69) is 4.98 Å². The largest absolute Gasteiger partial charge is 0.398 e. The second-order valence-corrected chi connectivity index (χ2v) is 7.61. The number of ether oxygens (including phenoxy) is 1. The molecule has 0 bridgehead atoms. The zero-order chi connectivity index (χ0) is 20.2. The van der Waals surface area contributed by atoms with Crippen LogP contribution in [0.2, 0.25) is 0 Å². The van der Waals surface area contributed by atoms with Crippen LogP contribution in [0.3, 0.4) is 0 Å². The van der Waals surface area contributed by atoms with Crippen molar-refractivity contribution in [2.75, 3.05) is 26.0 Å². The Morgan fingerprint density at radius 3 is 2.93 bits per heavy atom. The third kappa shape index (κ3) is 3.96. The average Bonchev–Trinajstić information content (AvgIpc) is 2.77. The maximum atomic E-state index is 13.3. The zero-order valence-electron chi connectivity index (χ0n) is 16.8. The number of carbonyl (C=O) groups excluding carboxylic acids is 1. The van der Waals surface area contributed by atoms with E-state index in [1.807, 2.05) is 53.4 Å². The lowest BCUT2D eigenvalue weighted by Crippen LogP contribution is -2.44. The van der Waals surface area contributed by atoms with E-state index >= 15 is 0 Å². The number of methoxy groups -OCH3 is 1. The number of pyridine rings is 1. The number of benzene rings is 2. The summed E-state index contributed by atoms with van der Waals surface area (Å²) in [6, 6.07) is 15.9. The van der Waals surface area contributed by atoms with Crippen LogP contribution in [0, 0.1) is 0 Å². The number of fused-ring (bicyclic) bond motifs is 1. The van der Waals surface area contributed by atoms with E-state index in [1.165, 1.54) is 6.42 Å². The lowest BCUT2D eigenvalue weighted by Gasteiger charge is -2.36. The molecule has 0 radical (unpaired) electrons. The van der Waals surface area contributed by atoms with Crippen LogP contribution in [0.4, 0.5) is 5.69 Å². The fraction of sp³-hybridized carbons (Fsp3) is 0.333. The summed E-state index contributed by atoms with van der Waals surface area (Å²) in [5, 5.41) is 0.928. The van der Waals surface area contributed by atoms with Crippen LogP contribution < -0.4 is 5.73 Å². The van der Waals surface area contributed by atoms with E-state index in [4.69, 9.17) is 10.5 Å². The number of nitrogen functional groups attached to an aromatic ring is 1. The molecule has 1 aromatic heterocycles. The topological polar surface area (TPSA) is 68.5 Å². The summed E-state index contributed by atoms with van der Waals surface area (Å²) in [6.45, 7) is 1.49. The predicted octanol–water partition coefficient (Wildman–Crippen LogP) is 4.52. The first-order valence-electron chi connectivity index (χ1n) is 10.2. The van der Waals surface area contributed by atoms with Crippen LogP contribution in [0.25, 0.3) is 22.0 Å². The van der Waals surface area contributed by atoms with Crippen molar-refractivity contribution in [3.8, 4) is 11.1 Å². The number of hydrogen-bond acceptors (Lipinski definition) is 4. The Kier molecular flexibility index (Phi) is 5.76. The van der Waals surface area contributed by atoms with Crippen LogP contribution in [0.15, 0.2) is 54.7 Å². The smallest absolute Gasteiger partial charge is 0.254 e. The SMILES string of the molecule is COCC[C@H]1CCCCN1C(=O)c1cccc(-c2cccc3c(N)ccnc23)c1. The molecule has 0 saturated carbocycles. The van der Waals surface area contributed by atoms with E-state index < -0.39 is 0 Å². The van der Waals surface area contributed by atoms with Crippen molar-refractivity contribution < 1.29 is 9.53 Å². The molecule has 3 aromatic rings. The van der Waals surface area contributed by atoms with Crippen LogP contribution >= 0.6 is 0 Å². The van der Waals surface area contributed by atoms with Gasteiger partial charge >= 0.3 is 0 Å². The minimum Gasteiger partial charge on any atom is -0.398 e. The van der Waals surface area contributed by atoms with Gasteiger partial charge in [0.1, 0.15) is 0 Å². The highest BCUT2D eigenvalue weighted by molar-refractivity contribution is 6.01. The molecular formula is C24H27N3O2. The molecule has 2 N–H and O–H groups in total. The minimum atomic E-state index is 0.0976. The van der Waals surface area contributed by atoms with Crippen molar-refractivity contribution in [2.45, 2.75) is 31.7 Å². The lowest BCUT2D eigenvalue weighted by molar-refractivity contribution is 0.0553. The summed E-state index contributed by atoms with van der Waals surface area (Å²) in [6.07, 6.45) is 5.88. The van der Waals surface area contributed by atoms with Crippen LogP contribution in [0.5, 0.6) is 0 Å². The highest BCUT2D eigenvalue weighted by Gasteiger charge is 2.27. The molecule has 1 aliphatic rings. The van der Waals surface area contributed by atoms with Gasteiger partial charge in [0.15, 0.2) is 0 Å². The maximum absolute atomic E-state index is 13.3. The van der Waals surface area contributed by atoms with E-state index in [9.17, 15) is 4.79 Å². The molecule has 0 aliphatic carbocycles. The molecule has 5 nitrogen and oxygen atoms in total. The molecule has 2 aromatic carbocycles. The van der Waals surface area contributed by atoms with Crippen molar-refractivity contribution in [3.63, 3.8) is 0 Å². The lowest BCUT2D eigenvalue weighted by atomic mass is 9.96. The number of anilines is 1. The number of carbonyl (C=O) groups is 1. The molecule has 1 fully saturated rings. The average molecular weight is 389 g/mol. The third-order valence-corrected chi connectivity index (χ3v) is 5.77. The molecule has 0 spiro atoms. The fourth-order valence-electron chi connectivity index (χ4n) is 4.24. The Hall–Kier alpha value is -2.92. The van der Waals surface area contributed by atoms with Crippen LogP contribution in [-0.4, -0.2) is 42.1 Å². The van der Waals surface area contributed by atoms with Gasteiger partial charge in [0.25, 0.3) is 5.91 Å². The standard InChI is InChI=1S/C24H27N3O2/c1-29-15-12-19-8-2-3-14-27(19)24(28)18-7-4-6-17(16-18)20-9-5-10-21-22(25)11-13-26-23(20)21/h4-7,9-11,13,16,19H,2-3,8,12,14-15H2,1H3,(H2,25,26)/t19-/m1/s1. The summed E-state index contributed by atoms with van der Waals surface area (Å²) in [4.78, 5) is 19.9. The van der Waals surface area contributed by atoms with E-state index in [-0.39, 0.29) is 11.9 Å². The predicted molar refractivity (Wildman–Crippen MR) is 117 cm³/mol. The molecule has 29 heavy (non-hydrogen) atoms. The van der Waals surface area contributed by atoms with Gasteiger partial charge in [0, 0.05) is 54.7 Å². The van der Waals surface area contributed by atoms with Gasteiger partial charge in [0.2, 0.25) is 0 Å².